The van der Waals surface area contributed by atoms with Gasteiger partial charge in [-0.25, -0.2) is 0 Å². The highest BCUT2D eigenvalue weighted by atomic mass is 15.2. The lowest BCUT2D eigenvalue weighted by Crippen LogP contribution is -2.50. The van der Waals surface area contributed by atoms with Gasteiger partial charge in [-0.1, -0.05) is 135 Å². The number of dihydropyridines is 1. The fourth-order valence-corrected chi connectivity index (χ4v) is 8.92. The van der Waals surface area contributed by atoms with Crippen LogP contribution >= 0.6 is 0 Å². The van der Waals surface area contributed by atoms with Gasteiger partial charge in [0.2, 0.25) is 0 Å². The third-order valence-corrected chi connectivity index (χ3v) is 11.5. The van der Waals surface area contributed by atoms with Crippen molar-refractivity contribution in [2.75, 3.05) is 6.54 Å². The molecule has 0 saturated heterocycles. The first-order chi connectivity index (χ1) is 27.8. The molecule has 5 heteroatoms. The van der Waals surface area contributed by atoms with Crippen LogP contribution in [0.15, 0.2) is 187 Å². The monoisotopic (exact) mass is 727 g/mol. The molecule has 56 heavy (non-hydrogen) atoms. The molecular weight excluding hydrogens is 683 g/mol. The van der Waals surface area contributed by atoms with Crippen LogP contribution in [0.4, 0.5) is 0 Å². The number of rotatable bonds is 5. The van der Waals surface area contributed by atoms with Crippen LogP contribution in [0.25, 0.3) is 65.9 Å². The van der Waals surface area contributed by atoms with Crippen molar-refractivity contribution in [3.05, 3.63) is 192 Å². The van der Waals surface area contributed by atoms with E-state index in [2.05, 4.69) is 195 Å². The van der Waals surface area contributed by atoms with Crippen molar-refractivity contribution in [1.82, 2.24) is 25.1 Å². The SMILES string of the molecule is C1=CCCC(C2=CC(c3ccc4ccccc4c3)NC(C3=CC=C(n4c5ccccc5c5c4ccc4c6ccccc6n(-c6ccccc6)c45)NC3)N2)=C1.CC. The quantitative estimate of drug-likeness (QED) is 0.165. The molecule has 0 saturated carbocycles. The molecule has 4 heterocycles. The summed E-state index contributed by atoms with van der Waals surface area (Å²) < 4.78 is 4.86. The Morgan fingerprint density at radius 3 is 2.16 bits per heavy atom. The Bertz CT molecular complexity index is 2950. The van der Waals surface area contributed by atoms with Gasteiger partial charge >= 0.3 is 0 Å². The summed E-state index contributed by atoms with van der Waals surface area (Å²) in [6, 6.07) is 48.5. The molecule has 8 aromatic rings. The summed E-state index contributed by atoms with van der Waals surface area (Å²) in [6.45, 7) is 4.72. The molecule has 6 aromatic carbocycles. The van der Waals surface area contributed by atoms with Gasteiger partial charge in [0.05, 0.1) is 28.1 Å². The second kappa shape index (κ2) is 14.3. The summed E-state index contributed by atoms with van der Waals surface area (Å²) in [6.07, 6.45) is 15.7. The second-order valence-electron chi connectivity index (χ2n) is 14.6. The zero-order valence-corrected chi connectivity index (χ0v) is 31.8. The first-order valence-corrected chi connectivity index (χ1v) is 20.0. The van der Waals surface area contributed by atoms with Gasteiger partial charge in [0.1, 0.15) is 12.0 Å². The van der Waals surface area contributed by atoms with Gasteiger partial charge in [-0.3, -0.25) is 9.88 Å². The Balaban J connectivity index is 0.00000189. The molecule has 11 rings (SSSR count). The first-order valence-electron chi connectivity index (χ1n) is 20.0. The number of fused-ring (bicyclic) bond motifs is 8. The largest absolute Gasteiger partial charge is 0.367 e. The highest BCUT2D eigenvalue weighted by Crippen LogP contribution is 2.42. The van der Waals surface area contributed by atoms with E-state index in [-0.39, 0.29) is 12.2 Å². The molecule has 0 spiro atoms. The van der Waals surface area contributed by atoms with E-state index in [9.17, 15) is 0 Å². The molecule has 2 atom stereocenters. The minimum Gasteiger partial charge on any atom is -0.367 e. The van der Waals surface area contributed by atoms with Crippen LogP contribution in [0.3, 0.4) is 0 Å². The van der Waals surface area contributed by atoms with Crippen LogP contribution < -0.4 is 16.0 Å². The smallest absolute Gasteiger partial charge is 0.111 e. The van der Waals surface area contributed by atoms with Crippen molar-refractivity contribution >= 4 is 60.2 Å². The highest BCUT2D eigenvalue weighted by molar-refractivity contribution is 6.26. The maximum absolute atomic E-state index is 3.96. The summed E-state index contributed by atoms with van der Waals surface area (Å²) in [5.41, 5.74) is 11.1. The Morgan fingerprint density at radius 2 is 1.38 bits per heavy atom. The summed E-state index contributed by atoms with van der Waals surface area (Å²) in [5.74, 6) is 1.07. The van der Waals surface area contributed by atoms with Crippen molar-refractivity contribution < 1.29 is 0 Å². The average Bonchev–Trinajstić information content (AvgIpc) is 3.80. The van der Waals surface area contributed by atoms with Crippen LogP contribution in [0.2, 0.25) is 0 Å². The van der Waals surface area contributed by atoms with Crippen LogP contribution in [0, 0.1) is 0 Å². The fourth-order valence-electron chi connectivity index (χ4n) is 8.92. The minimum atomic E-state index is -0.0297. The number of aromatic nitrogens is 2. The third-order valence-electron chi connectivity index (χ3n) is 11.5. The zero-order valence-electron chi connectivity index (χ0n) is 31.8. The molecule has 0 bridgehead atoms. The number of hydrogen-bond acceptors (Lipinski definition) is 3. The predicted octanol–water partition coefficient (Wildman–Crippen LogP) is 11.8. The number of nitrogens with zero attached hydrogens (tertiary/aromatic N) is 2. The molecule has 2 unspecified atom stereocenters. The first kappa shape index (κ1) is 34.0. The van der Waals surface area contributed by atoms with Crippen LogP contribution in [-0.2, 0) is 0 Å². The summed E-state index contributed by atoms with van der Waals surface area (Å²) in [5, 5.41) is 19.3. The van der Waals surface area contributed by atoms with Crippen LogP contribution in [0.1, 0.15) is 38.3 Å². The maximum atomic E-state index is 3.96. The average molecular weight is 728 g/mol. The molecule has 0 amide bonds. The molecule has 0 radical (unpaired) electrons. The Morgan fingerprint density at radius 1 is 0.625 bits per heavy atom. The number of allylic oxidation sites excluding steroid dienone is 6. The van der Waals surface area contributed by atoms with E-state index < -0.39 is 0 Å². The van der Waals surface area contributed by atoms with E-state index in [0.717, 1.165) is 18.7 Å². The third kappa shape index (κ3) is 5.66. The summed E-state index contributed by atoms with van der Waals surface area (Å²) >= 11 is 0. The van der Waals surface area contributed by atoms with Crippen molar-refractivity contribution in [1.29, 1.82) is 0 Å². The van der Waals surface area contributed by atoms with Gasteiger partial charge in [-0.05, 0) is 88.9 Å². The van der Waals surface area contributed by atoms with Crippen LogP contribution in [-0.4, -0.2) is 21.8 Å². The standard InChI is InChI=1S/C49H39N5.C2H6/c1-3-14-33(15-4-1)41-30-42(35-24-23-32-13-7-8-16-34(32)29-35)52-49(51-41)36-25-28-46(50-31-36)54-44-22-12-10-20-40(44)47-45(54)27-26-39-38-19-9-11-21-43(38)53(48(39)47)37-17-5-2-6-18-37;1-2/h1-3,5-14,16-30,42,49-52H,4,15,31H2;1-2H3. The molecule has 3 N–H and O–H groups in total. The Labute approximate surface area is 327 Å². The van der Waals surface area contributed by atoms with Gasteiger partial charge in [0.25, 0.3) is 0 Å². The summed E-state index contributed by atoms with van der Waals surface area (Å²) in [4.78, 5) is 0. The molecular formula is C51H45N5. The van der Waals surface area contributed by atoms with E-state index >= 15 is 0 Å². The molecule has 5 nitrogen and oxygen atoms in total. The lowest BCUT2D eigenvalue weighted by atomic mass is 9.94. The molecule has 274 valence electrons. The second-order valence-corrected chi connectivity index (χ2v) is 14.6. The van der Waals surface area contributed by atoms with Gasteiger partial charge < -0.3 is 15.2 Å². The topological polar surface area (TPSA) is 46.0 Å². The van der Waals surface area contributed by atoms with Gasteiger partial charge in [0, 0.05) is 39.5 Å². The molecule has 1 aliphatic carbocycles. The lowest BCUT2D eigenvalue weighted by Gasteiger charge is -2.36. The number of para-hydroxylation sites is 3. The molecule has 0 fully saturated rings. The van der Waals surface area contributed by atoms with Gasteiger partial charge in [-0.2, -0.15) is 0 Å². The zero-order chi connectivity index (χ0) is 37.6. The molecule has 3 aliphatic rings. The number of hydrogen-bond donors (Lipinski definition) is 3. The fraction of sp³-hybridized carbons (Fsp3) is 0.137. The number of nitrogens with one attached hydrogen (secondary N) is 3. The van der Waals surface area contributed by atoms with E-state index in [1.54, 1.807) is 0 Å². The van der Waals surface area contributed by atoms with Gasteiger partial charge in [0.15, 0.2) is 0 Å². The predicted molar refractivity (Wildman–Crippen MR) is 237 cm³/mol. The normalized spacial score (nSPS) is 18.2. The lowest BCUT2D eigenvalue weighted by molar-refractivity contribution is 0.442. The van der Waals surface area contributed by atoms with Crippen molar-refractivity contribution in [2.24, 2.45) is 0 Å². The summed E-state index contributed by atoms with van der Waals surface area (Å²) in [7, 11) is 0. The molecule has 2 aliphatic heterocycles. The van der Waals surface area contributed by atoms with Gasteiger partial charge in [-0.15, -0.1) is 0 Å². The van der Waals surface area contributed by atoms with Crippen molar-refractivity contribution in [2.45, 2.75) is 38.9 Å². The minimum absolute atomic E-state index is 0.0297. The van der Waals surface area contributed by atoms with E-state index in [0.29, 0.717) is 6.54 Å². The van der Waals surface area contributed by atoms with Crippen LogP contribution in [0.5, 0.6) is 0 Å². The number of benzene rings is 6. The Kier molecular flexibility index (Phi) is 8.65. The highest BCUT2D eigenvalue weighted by Gasteiger charge is 2.28. The molecule has 2 aromatic heterocycles. The van der Waals surface area contributed by atoms with E-state index in [4.69, 9.17) is 0 Å². The Hall–Kier alpha value is -6.56. The van der Waals surface area contributed by atoms with E-state index in [1.807, 2.05) is 13.8 Å². The van der Waals surface area contributed by atoms with Crippen molar-refractivity contribution in [3.8, 4) is 5.69 Å². The van der Waals surface area contributed by atoms with Crippen molar-refractivity contribution in [3.63, 3.8) is 0 Å². The maximum Gasteiger partial charge on any atom is 0.111 e. The van der Waals surface area contributed by atoms with E-state index in [1.165, 1.54) is 82.5 Å².